The SMILES string of the molecule is N=C(N)c1ccc2c(c1)N=C(c1cccc(-c3ccccc3O)c1O)C2. The van der Waals surface area contributed by atoms with Crippen LogP contribution in [0.2, 0.25) is 0 Å². The van der Waals surface area contributed by atoms with Crippen LogP contribution in [0.5, 0.6) is 11.5 Å². The Hall–Kier alpha value is -3.60. The largest absolute Gasteiger partial charge is 0.507 e. The lowest BCUT2D eigenvalue weighted by molar-refractivity contribution is 0.468. The maximum absolute atomic E-state index is 10.8. The molecule has 0 saturated heterocycles. The molecule has 4 rings (SSSR count). The van der Waals surface area contributed by atoms with Crippen LogP contribution in [-0.2, 0) is 6.42 Å². The standard InChI is InChI=1S/C21H17N3O2/c22-21(23)13-9-8-12-10-18(24-17(12)11-13)16-6-3-5-15(20(16)26)14-4-1-2-7-19(14)25/h1-9,11,25-26H,10H2,(H3,22,23). The van der Waals surface area contributed by atoms with Gasteiger partial charge in [-0.05, 0) is 23.8 Å². The Morgan fingerprint density at radius 3 is 2.42 bits per heavy atom. The Morgan fingerprint density at radius 2 is 1.65 bits per heavy atom. The van der Waals surface area contributed by atoms with Crippen molar-refractivity contribution < 1.29 is 10.2 Å². The molecule has 0 aromatic heterocycles. The minimum absolute atomic E-state index is 0.000785. The third kappa shape index (κ3) is 2.59. The topological polar surface area (TPSA) is 103 Å². The molecule has 0 atom stereocenters. The molecule has 26 heavy (non-hydrogen) atoms. The molecule has 0 bridgehead atoms. The number of nitrogens with two attached hydrogens (primary N) is 1. The van der Waals surface area contributed by atoms with Gasteiger partial charge in [-0.15, -0.1) is 0 Å². The van der Waals surface area contributed by atoms with E-state index in [9.17, 15) is 10.2 Å². The lowest BCUT2D eigenvalue weighted by Crippen LogP contribution is -2.10. The van der Waals surface area contributed by atoms with Crippen molar-refractivity contribution in [3.05, 3.63) is 77.4 Å². The van der Waals surface area contributed by atoms with Crippen molar-refractivity contribution in [2.24, 2.45) is 10.7 Å². The Bertz CT molecular complexity index is 1070. The van der Waals surface area contributed by atoms with E-state index in [1.54, 1.807) is 36.4 Å². The molecule has 0 amide bonds. The van der Waals surface area contributed by atoms with Gasteiger partial charge in [0.1, 0.15) is 17.3 Å². The minimum Gasteiger partial charge on any atom is -0.507 e. The summed E-state index contributed by atoms with van der Waals surface area (Å²) in [4.78, 5) is 4.62. The molecule has 0 saturated carbocycles. The highest BCUT2D eigenvalue weighted by Gasteiger charge is 2.21. The molecule has 3 aromatic carbocycles. The Kier molecular flexibility index (Phi) is 3.69. The minimum atomic E-state index is 0.000785. The molecular formula is C21H17N3O2. The molecule has 0 fully saturated rings. The van der Waals surface area contributed by atoms with E-state index >= 15 is 0 Å². The normalized spacial score (nSPS) is 12.5. The Balaban J connectivity index is 1.78. The number of para-hydroxylation sites is 2. The molecule has 0 unspecified atom stereocenters. The fraction of sp³-hybridized carbons (Fsp3) is 0.0476. The van der Waals surface area contributed by atoms with E-state index in [4.69, 9.17) is 11.1 Å². The lowest BCUT2D eigenvalue weighted by Gasteiger charge is -2.11. The highest BCUT2D eigenvalue weighted by Crippen LogP contribution is 2.39. The first-order valence-electron chi connectivity index (χ1n) is 8.20. The second-order valence-corrected chi connectivity index (χ2v) is 6.21. The van der Waals surface area contributed by atoms with Gasteiger partial charge in [0.2, 0.25) is 0 Å². The van der Waals surface area contributed by atoms with E-state index in [1.807, 2.05) is 24.3 Å². The highest BCUT2D eigenvalue weighted by atomic mass is 16.3. The summed E-state index contributed by atoms with van der Waals surface area (Å²) in [5.74, 6) is 0.205. The molecule has 3 aromatic rings. The fourth-order valence-corrected chi connectivity index (χ4v) is 3.20. The van der Waals surface area contributed by atoms with E-state index in [1.165, 1.54) is 0 Å². The van der Waals surface area contributed by atoms with Crippen LogP contribution in [0.3, 0.4) is 0 Å². The van der Waals surface area contributed by atoms with Crippen LogP contribution < -0.4 is 5.73 Å². The monoisotopic (exact) mass is 343 g/mol. The maximum Gasteiger partial charge on any atom is 0.132 e. The lowest BCUT2D eigenvalue weighted by atomic mass is 9.96. The van der Waals surface area contributed by atoms with Crippen LogP contribution in [0.25, 0.3) is 11.1 Å². The molecule has 0 aliphatic carbocycles. The van der Waals surface area contributed by atoms with Gasteiger partial charge in [-0.2, -0.15) is 0 Å². The van der Waals surface area contributed by atoms with Crippen LogP contribution in [0.1, 0.15) is 16.7 Å². The number of nitrogens with zero attached hydrogens (tertiary/aromatic N) is 1. The molecule has 128 valence electrons. The van der Waals surface area contributed by atoms with Crippen LogP contribution in [0, 0.1) is 5.41 Å². The van der Waals surface area contributed by atoms with E-state index in [0.717, 1.165) is 17.0 Å². The summed E-state index contributed by atoms with van der Waals surface area (Å²) < 4.78 is 0. The first-order chi connectivity index (χ1) is 12.5. The number of aromatic hydroxyl groups is 2. The van der Waals surface area contributed by atoms with Gasteiger partial charge >= 0.3 is 0 Å². The summed E-state index contributed by atoms with van der Waals surface area (Å²) in [5.41, 5.74) is 10.5. The number of phenols is 2. The van der Waals surface area contributed by atoms with Gasteiger partial charge in [0.15, 0.2) is 0 Å². The second-order valence-electron chi connectivity index (χ2n) is 6.21. The number of aliphatic imine (C=N–C) groups is 1. The van der Waals surface area contributed by atoms with Crippen molar-refractivity contribution in [2.45, 2.75) is 6.42 Å². The molecule has 1 heterocycles. The third-order valence-corrected chi connectivity index (χ3v) is 4.55. The summed E-state index contributed by atoms with van der Waals surface area (Å²) >= 11 is 0. The highest BCUT2D eigenvalue weighted by molar-refractivity contribution is 6.10. The molecule has 1 aliphatic heterocycles. The zero-order chi connectivity index (χ0) is 18.3. The van der Waals surface area contributed by atoms with Crippen LogP contribution >= 0.6 is 0 Å². The molecule has 1 aliphatic rings. The van der Waals surface area contributed by atoms with Gasteiger partial charge in [-0.3, -0.25) is 10.4 Å². The maximum atomic E-state index is 10.8. The number of benzene rings is 3. The summed E-state index contributed by atoms with van der Waals surface area (Å²) in [5, 5.41) is 28.5. The number of nitrogen functional groups attached to an aromatic ring is 1. The van der Waals surface area contributed by atoms with Gasteiger partial charge in [0.05, 0.1) is 11.4 Å². The first kappa shape index (κ1) is 15.9. The average molecular weight is 343 g/mol. The number of hydrogen-bond acceptors (Lipinski definition) is 4. The number of nitrogens with one attached hydrogen (secondary N) is 1. The number of fused-ring (bicyclic) bond motifs is 1. The van der Waals surface area contributed by atoms with Gasteiger partial charge < -0.3 is 15.9 Å². The van der Waals surface area contributed by atoms with Crippen LogP contribution in [0.15, 0.2) is 65.7 Å². The number of hydrogen-bond donors (Lipinski definition) is 4. The van der Waals surface area contributed by atoms with E-state index < -0.39 is 0 Å². The number of rotatable bonds is 3. The summed E-state index contributed by atoms with van der Waals surface area (Å²) in [6, 6.07) is 17.8. The zero-order valence-electron chi connectivity index (χ0n) is 13.9. The number of amidine groups is 1. The van der Waals surface area contributed by atoms with Crippen molar-refractivity contribution >= 4 is 17.2 Å². The summed E-state index contributed by atoms with van der Waals surface area (Å²) in [6.07, 6.45) is 0.589. The summed E-state index contributed by atoms with van der Waals surface area (Å²) in [6.45, 7) is 0. The van der Waals surface area contributed by atoms with Gasteiger partial charge in [-0.25, -0.2) is 0 Å². The Morgan fingerprint density at radius 1 is 0.923 bits per heavy atom. The average Bonchev–Trinajstić information content (AvgIpc) is 3.05. The van der Waals surface area contributed by atoms with Crippen molar-refractivity contribution in [1.29, 1.82) is 5.41 Å². The number of phenolic OH excluding ortho intramolecular Hbond substituents is 2. The fourth-order valence-electron chi connectivity index (χ4n) is 3.20. The quantitative estimate of drug-likeness (QED) is 0.430. The smallest absolute Gasteiger partial charge is 0.132 e. The molecule has 0 spiro atoms. The third-order valence-electron chi connectivity index (χ3n) is 4.55. The van der Waals surface area contributed by atoms with Crippen molar-refractivity contribution in [2.75, 3.05) is 0 Å². The summed E-state index contributed by atoms with van der Waals surface area (Å²) in [7, 11) is 0. The van der Waals surface area contributed by atoms with Gasteiger partial charge in [0, 0.05) is 28.7 Å². The Labute approximate surface area is 150 Å². The predicted molar refractivity (Wildman–Crippen MR) is 103 cm³/mol. The van der Waals surface area contributed by atoms with Gasteiger partial charge in [0.25, 0.3) is 0 Å². The van der Waals surface area contributed by atoms with Crippen LogP contribution in [0.4, 0.5) is 5.69 Å². The molecule has 5 N–H and O–H groups in total. The predicted octanol–water partition coefficient (Wildman–Crippen LogP) is 3.73. The van der Waals surface area contributed by atoms with E-state index in [2.05, 4.69) is 4.99 Å². The molecule has 5 heteroatoms. The van der Waals surface area contributed by atoms with Crippen molar-refractivity contribution in [3.8, 4) is 22.6 Å². The van der Waals surface area contributed by atoms with Crippen molar-refractivity contribution in [1.82, 2.24) is 0 Å². The molecule has 0 radical (unpaired) electrons. The molecule has 5 nitrogen and oxygen atoms in total. The van der Waals surface area contributed by atoms with Crippen molar-refractivity contribution in [3.63, 3.8) is 0 Å². The second kappa shape index (κ2) is 6.04. The van der Waals surface area contributed by atoms with Gasteiger partial charge in [-0.1, -0.05) is 42.5 Å². The van der Waals surface area contributed by atoms with Crippen LogP contribution in [-0.4, -0.2) is 21.8 Å². The van der Waals surface area contributed by atoms with E-state index in [-0.39, 0.29) is 17.3 Å². The van der Waals surface area contributed by atoms with E-state index in [0.29, 0.717) is 28.7 Å². The first-order valence-corrected chi connectivity index (χ1v) is 8.20. The zero-order valence-corrected chi connectivity index (χ0v) is 13.9. The molecular weight excluding hydrogens is 326 g/mol.